The fourth-order valence-corrected chi connectivity index (χ4v) is 14.2. The number of aromatic nitrogens is 2. The normalized spacial score (nSPS) is 13.0. The standard InChI is InChI=1S/C94H86N4/c1-91(2,3)69-49-53-87(83(61-69)65-32-18-14-19-33-65)95(75-37-28-34-66(56-75)68-54-70(92(4,5)6)58-71(55-68)93(7,8)9)76-59-72(94(10,11)12)60-77(62-76)96(74-50-46-64(47-51-74)63-30-16-13-17-31-63)90-78(41-29-45-88(90)98-85-43-26-23-38-79(85)80-39-24-27-44-86(80)98)67-48-52-82-81-40-22-25-42-84(81)97(89(82)57-67)73-35-20-15-21-36-73/h13-62H,1-12H3/i13D,16D,17D,30D,31D. The molecule has 4 nitrogen and oxygen atoms in total. The lowest BCUT2D eigenvalue weighted by atomic mass is 9.79. The Morgan fingerprint density at radius 2 is 0.786 bits per heavy atom. The highest BCUT2D eigenvalue weighted by Crippen LogP contribution is 2.52. The fraction of sp³-hybridized carbons (Fsp3) is 0.170. The molecular formula is C94H86N4. The first kappa shape index (κ1) is 57.3. The molecule has 0 radical (unpaired) electrons. The summed E-state index contributed by atoms with van der Waals surface area (Å²) in [6.07, 6.45) is 0. The van der Waals surface area contributed by atoms with E-state index in [4.69, 9.17) is 4.11 Å². The summed E-state index contributed by atoms with van der Waals surface area (Å²) in [5.41, 5.74) is 22.8. The molecule has 0 unspecified atom stereocenters. The number of nitrogens with zero attached hydrogens (tertiary/aromatic N) is 4. The van der Waals surface area contributed by atoms with E-state index in [1.165, 1.54) is 16.7 Å². The number of para-hydroxylation sites is 5. The predicted molar refractivity (Wildman–Crippen MR) is 421 cm³/mol. The van der Waals surface area contributed by atoms with Gasteiger partial charge in [-0.2, -0.15) is 0 Å². The van der Waals surface area contributed by atoms with Crippen molar-refractivity contribution in [3.8, 4) is 55.9 Å². The second-order valence-electron chi connectivity index (χ2n) is 30.4. The van der Waals surface area contributed by atoms with Crippen molar-refractivity contribution in [3.05, 3.63) is 325 Å². The Hall–Kier alpha value is -10.9. The van der Waals surface area contributed by atoms with Gasteiger partial charge in [-0.25, -0.2) is 0 Å². The summed E-state index contributed by atoms with van der Waals surface area (Å²) in [5.74, 6) is 0. The van der Waals surface area contributed by atoms with Gasteiger partial charge in [0.05, 0.1) is 46.0 Å². The molecule has 98 heavy (non-hydrogen) atoms. The molecule has 15 rings (SSSR count). The molecule has 0 aliphatic rings. The number of hydrogen-bond donors (Lipinski definition) is 0. The highest BCUT2D eigenvalue weighted by Gasteiger charge is 2.31. The van der Waals surface area contributed by atoms with E-state index >= 15 is 0 Å². The van der Waals surface area contributed by atoms with Crippen LogP contribution < -0.4 is 9.80 Å². The molecule has 0 bridgehead atoms. The van der Waals surface area contributed by atoms with Gasteiger partial charge in [0.1, 0.15) is 0 Å². The number of rotatable bonds is 12. The van der Waals surface area contributed by atoms with Crippen LogP contribution in [0.15, 0.2) is 303 Å². The van der Waals surface area contributed by atoms with Crippen LogP contribution in [0.4, 0.5) is 34.1 Å². The lowest BCUT2D eigenvalue weighted by Crippen LogP contribution is -2.19. The lowest BCUT2D eigenvalue weighted by Gasteiger charge is -2.35. The van der Waals surface area contributed by atoms with Crippen molar-refractivity contribution in [3.63, 3.8) is 0 Å². The van der Waals surface area contributed by atoms with E-state index in [2.05, 4.69) is 363 Å². The molecule has 0 amide bonds. The highest BCUT2D eigenvalue weighted by molar-refractivity contribution is 6.13. The summed E-state index contributed by atoms with van der Waals surface area (Å²) in [5, 5.41) is 4.54. The molecule has 0 saturated carbocycles. The number of hydrogen-bond acceptors (Lipinski definition) is 2. The molecule has 0 aliphatic heterocycles. The molecule has 4 heteroatoms. The van der Waals surface area contributed by atoms with Gasteiger partial charge >= 0.3 is 0 Å². The van der Waals surface area contributed by atoms with Crippen molar-refractivity contribution in [2.75, 3.05) is 9.80 Å². The molecule has 482 valence electrons. The first-order valence-corrected chi connectivity index (χ1v) is 34.3. The Bertz CT molecular complexity index is 5680. The van der Waals surface area contributed by atoms with Crippen molar-refractivity contribution in [2.45, 2.75) is 105 Å². The van der Waals surface area contributed by atoms with E-state index in [1.807, 2.05) is 12.1 Å². The van der Waals surface area contributed by atoms with Crippen molar-refractivity contribution in [2.24, 2.45) is 0 Å². The van der Waals surface area contributed by atoms with Crippen molar-refractivity contribution < 1.29 is 6.85 Å². The molecular weight excluding hydrogens is 1190 g/mol. The van der Waals surface area contributed by atoms with Gasteiger partial charge < -0.3 is 18.9 Å². The minimum Gasteiger partial charge on any atom is -0.310 e. The summed E-state index contributed by atoms with van der Waals surface area (Å²) in [4.78, 5) is 4.89. The first-order chi connectivity index (χ1) is 49.2. The molecule has 0 N–H and O–H groups in total. The second-order valence-corrected chi connectivity index (χ2v) is 30.4. The van der Waals surface area contributed by atoms with E-state index in [-0.39, 0.29) is 46.0 Å². The van der Waals surface area contributed by atoms with Gasteiger partial charge in [-0.15, -0.1) is 0 Å². The molecule has 0 spiro atoms. The van der Waals surface area contributed by atoms with Crippen LogP contribution in [0.25, 0.3) is 99.5 Å². The summed E-state index contributed by atoms with van der Waals surface area (Å²) < 4.78 is 49.5. The van der Waals surface area contributed by atoms with Crippen LogP contribution in [0.2, 0.25) is 0 Å². The molecule has 0 aliphatic carbocycles. The first-order valence-electron chi connectivity index (χ1n) is 36.8. The third-order valence-electron chi connectivity index (χ3n) is 19.5. The average Bonchev–Trinajstić information content (AvgIpc) is 1.70. The molecule has 0 saturated heterocycles. The van der Waals surface area contributed by atoms with Crippen LogP contribution in [0.3, 0.4) is 0 Å². The largest absolute Gasteiger partial charge is 0.310 e. The second kappa shape index (κ2) is 24.6. The Morgan fingerprint density at radius 3 is 1.39 bits per heavy atom. The predicted octanol–water partition coefficient (Wildman–Crippen LogP) is 26.7. The maximum Gasteiger partial charge on any atom is 0.0781 e. The molecule has 0 fully saturated rings. The van der Waals surface area contributed by atoms with Crippen molar-refractivity contribution in [1.82, 2.24) is 9.13 Å². The van der Waals surface area contributed by atoms with Gasteiger partial charge in [-0.1, -0.05) is 289 Å². The van der Waals surface area contributed by atoms with Crippen LogP contribution in [0.1, 0.15) is 112 Å². The minimum atomic E-state index is -0.432. The monoisotopic (exact) mass is 1280 g/mol. The number of anilines is 6. The minimum absolute atomic E-state index is 0.107. The maximum atomic E-state index is 9.24. The van der Waals surface area contributed by atoms with Gasteiger partial charge in [0.25, 0.3) is 0 Å². The van der Waals surface area contributed by atoms with Crippen LogP contribution >= 0.6 is 0 Å². The van der Waals surface area contributed by atoms with Crippen molar-refractivity contribution >= 4 is 77.7 Å². The number of benzene rings is 13. The molecule has 15 aromatic rings. The smallest absolute Gasteiger partial charge is 0.0781 e. The SMILES string of the molecule is [2H]c1c([2H])c([2H])c(-c2ccc(N(c3cc(N(c4cccc(-c5cc(C(C)(C)C)cc(C(C)(C)C)c5)c4)c4ccc(C(C)(C)C)cc4-c4ccccc4)cc(C(C)(C)C)c3)c3c(-c4ccc5c6ccccc6n(-c6ccccc6)c5c4)cccc3-n3c4ccccc4c4ccccc43)cc2)c([2H])c1[2H]. The van der Waals surface area contributed by atoms with Crippen LogP contribution in [-0.2, 0) is 21.7 Å². The summed E-state index contributed by atoms with van der Waals surface area (Å²) in [6, 6.07) is 97.7. The van der Waals surface area contributed by atoms with Crippen LogP contribution in [-0.4, -0.2) is 9.13 Å². The Labute approximate surface area is 586 Å². The van der Waals surface area contributed by atoms with Crippen molar-refractivity contribution in [1.29, 1.82) is 0 Å². The third kappa shape index (κ3) is 11.8. The zero-order valence-corrected chi connectivity index (χ0v) is 58.3. The van der Waals surface area contributed by atoms with Gasteiger partial charge in [-0.3, -0.25) is 0 Å². The van der Waals surface area contributed by atoms with E-state index in [0.717, 1.165) is 128 Å². The topological polar surface area (TPSA) is 16.3 Å². The quantitative estimate of drug-likeness (QED) is 0.121. The van der Waals surface area contributed by atoms with E-state index in [9.17, 15) is 2.74 Å². The fourth-order valence-electron chi connectivity index (χ4n) is 14.2. The summed E-state index contributed by atoms with van der Waals surface area (Å²) in [7, 11) is 0. The van der Waals surface area contributed by atoms with Crippen LogP contribution in [0.5, 0.6) is 0 Å². The van der Waals surface area contributed by atoms with E-state index in [0.29, 0.717) is 5.56 Å². The molecule has 13 aromatic carbocycles. The Morgan fingerprint density at radius 1 is 0.276 bits per heavy atom. The maximum absolute atomic E-state index is 9.24. The van der Waals surface area contributed by atoms with Crippen LogP contribution in [0, 0.1) is 0 Å². The summed E-state index contributed by atoms with van der Waals surface area (Å²) >= 11 is 0. The Kier molecular flexibility index (Phi) is 14.4. The number of fused-ring (bicyclic) bond motifs is 6. The van der Waals surface area contributed by atoms with Gasteiger partial charge in [-0.05, 0) is 174 Å². The lowest BCUT2D eigenvalue weighted by molar-refractivity contribution is 0.569. The zero-order valence-electron chi connectivity index (χ0n) is 63.3. The van der Waals surface area contributed by atoms with Gasteiger partial charge in [0, 0.05) is 61.1 Å². The van der Waals surface area contributed by atoms with Gasteiger partial charge in [0.15, 0.2) is 0 Å². The molecule has 0 atom stereocenters. The van der Waals surface area contributed by atoms with E-state index in [1.54, 1.807) is 0 Å². The molecule has 2 aromatic heterocycles. The molecule has 2 heterocycles. The van der Waals surface area contributed by atoms with Gasteiger partial charge in [0.2, 0.25) is 0 Å². The average molecular weight is 1280 g/mol. The summed E-state index contributed by atoms with van der Waals surface area (Å²) in [6.45, 7) is 27.5. The van der Waals surface area contributed by atoms with E-state index < -0.39 is 11.5 Å². The Balaban J connectivity index is 1.08. The zero-order chi connectivity index (χ0) is 72.2. The third-order valence-corrected chi connectivity index (χ3v) is 19.5. The highest BCUT2D eigenvalue weighted by atomic mass is 15.2.